The molecule has 0 bridgehead atoms. The topological polar surface area (TPSA) is 119 Å². The molecule has 3 aromatic rings. The molecule has 1 aliphatic carbocycles. The summed E-state index contributed by atoms with van der Waals surface area (Å²) in [6, 6.07) is 10.1. The second-order valence-electron chi connectivity index (χ2n) is 8.78. The molecule has 0 amide bonds. The van der Waals surface area contributed by atoms with E-state index in [2.05, 4.69) is 39.4 Å². The fourth-order valence-electron chi connectivity index (χ4n) is 4.65. The van der Waals surface area contributed by atoms with Gasteiger partial charge in [0.1, 0.15) is 11.9 Å². The molecule has 1 aliphatic heterocycles. The minimum atomic E-state index is -0.630. The van der Waals surface area contributed by atoms with Crippen molar-refractivity contribution in [2.24, 2.45) is 4.99 Å². The average molecular weight is 419 g/mol. The molecule has 1 saturated carbocycles. The first-order chi connectivity index (χ1) is 14.9. The molecule has 1 fully saturated rings. The van der Waals surface area contributed by atoms with Gasteiger partial charge in [0.25, 0.3) is 0 Å². The van der Waals surface area contributed by atoms with Crippen molar-refractivity contribution in [3.05, 3.63) is 63.9 Å². The van der Waals surface area contributed by atoms with Crippen molar-refractivity contribution in [2.75, 3.05) is 5.73 Å². The second-order valence-corrected chi connectivity index (χ2v) is 8.78. The number of nitrogens with zero attached hydrogens (tertiary/aromatic N) is 3. The summed E-state index contributed by atoms with van der Waals surface area (Å²) >= 11 is 0. The molecule has 0 spiro atoms. The predicted octanol–water partition coefficient (Wildman–Crippen LogP) is 4.07. The number of H-pyrrole nitrogens is 1. The number of benzene rings is 1. The molecule has 0 unspecified atom stereocenters. The number of aliphatic imine (C=N–C) groups is 1. The third-order valence-corrected chi connectivity index (χ3v) is 6.33. The molecule has 2 aliphatic rings. The number of aromatic amines is 1. The Balaban J connectivity index is 1.35. The first kappa shape index (κ1) is 19.5. The predicted molar refractivity (Wildman–Crippen MR) is 117 cm³/mol. The quantitative estimate of drug-likeness (QED) is 0.660. The van der Waals surface area contributed by atoms with E-state index in [1.54, 1.807) is 6.07 Å². The van der Waals surface area contributed by atoms with E-state index in [0.29, 0.717) is 29.2 Å². The van der Waals surface area contributed by atoms with E-state index in [9.17, 15) is 4.79 Å². The molecule has 0 atom stereocenters. The van der Waals surface area contributed by atoms with Gasteiger partial charge in [-0.2, -0.15) is 4.98 Å². The van der Waals surface area contributed by atoms with Gasteiger partial charge in [0.05, 0.1) is 11.4 Å². The monoisotopic (exact) mass is 419 g/mol. The SMILES string of the molecule is CC1(C)Oc2ncnc(N)c2N=C1c1ccc(C2CCC(c3cc(=O)o[nH]3)CC2)cc1. The number of nitrogens with two attached hydrogens (primary N) is 1. The molecule has 5 rings (SSSR count). The smallest absolute Gasteiger partial charge is 0.357 e. The number of hydrogen-bond donors (Lipinski definition) is 2. The third kappa shape index (κ3) is 3.62. The van der Waals surface area contributed by atoms with Crippen LogP contribution in [0.25, 0.3) is 0 Å². The van der Waals surface area contributed by atoms with Gasteiger partial charge < -0.3 is 15.0 Å². The molecule has 0 saturated heterocycles. The van der Waals surface area contributed by atoms with Crippen molar-refractivity contribution >= 4 is 17.2 Å². The van der Waals surface area contributed by atoms with Crippen LogP contribution in [0, 0.1) is 0 Å². The van der Waals surface area contributed by atoms with Gasteiger partial charge in [0, 0.05) is 17.5 Å². The fraction of sp³-hybridized carbons (Fsp3) is 0.391. The summed E-state index contributed by atoms with van der Waals surface area (Å²) in [5.74, 6) is 1.59. The minimum Gasteiger partial charge on any atom is -0.463 e. The molecular weight excluding hydrogens is 394 g/mol. The first-order valence-corrected chi connectivity index (χ1v) is 10.6. The Morgan fingerprint density at radius 2 is 1.77 bits per heavy atom. The van der Waals surface area contributed by atoms with Crippen LogP contribution in [0.15, 0.2) is 51.0 Å². The Hall–Kier alpha value is -3.42. The van der Waals surface area contributed by atoms with Gasteiger partial charge in [-0.1, -0.05) is 24.3 Å². The Labute approximate surface area is 179 Å². The van der Waals surface area contributed by atoms with Crippen molar-refractivity contribution in [3.63, 3.8) is 0 Å². The number of nitrogens with one attached hydrogen (secondary N) is 1. The first-order valence-electron chi connectivity index (χ1n) is 10.6. The summed E-state index contributed by atoms with van der Waals surface area (Å²) in [6.07, 6.45) is 5.61. The molecule has 3 N–H and O–H groups in total. The van der Waals surface area contributed by atoms with E-state index in [1.165, 1.54) is 11.9 Å². The van der Waals surface area contributed by atoms with Gasteiger partial charge in [0.2, 0.25) is 5.88 Å². The summed E-state index contributed by atoms with van der Waals surface area (Å²) in [5, 5.41) is 2.76. The van der Waals surface area contributed by atoms with Crippen molar-refractivity contribution < 1.29 is 9.26 Å². The zero-order valence-electron chi connectivity index (χ0n) is 17.6. The molecule has 8 nitrogen and oxygen atoms in total. The van der Waals surface area contributed by atoms with Crippen molar-refractivity contribution in [3.8, 4) is 5.88 Å². The van der Waals surface area contributed by atoms with Crippen LogP contribution >= 0.6 is 0 Å². The van der Waals surface area contributed by atoms with Gasteiger partial charge in [-0.3, -0.25) is 0 Å². The Morgan fingerprint density at radius 3 is 2.45 bits per heavy atom. The van der Waals surface area contributed by atoms with Gasteiger partial charge in [0.15, 0.2) is 11.5 Å². The summed E-state index contributed by atoms with van der Waals surface area (Å²) in [6.45, 7) is 3.95. The molecule has 160 valence electrons. The fourth-order valence-corrected chi connectivity index (χ4v) is 4.65. The highest BCUT2D eigenvalue weighted by Crippen LogP contribution is 2.41. The Kier molecular flexibility index (Phi) is 4.64. The lowest BCUT2D eigenvalue weighted by Gasteiger charge is -2.32. The minimum absolute atomic E-state index is 0.304. The van der Waals surface area contributed by atoms with Crippen molar-refractivity contribution in [1.29, 1.82) is 0 Å². The number of aromatic nitrogens is 3. The molecule has 31 heavy (non-hydrogen) atoms. The number of anilines is 1. The zero-order valence-corrected chi connectivity index (χ0v) is 17.6. The molecular formula is C23H25N5O3. The second kappa shape index (κ2) is 7.37. The van der Waals surface area contributed by atoms with E-state index in [1.807, 2.05) is 13.8 Å². The number of hydrogen-bond acceptors (Lipinski definition) is 7. The van der Waals surface area contributed by atoms with E-state index < -0.39 is 5.60 Å². The number of nitrogen functional groups attached to an aromatic ring is 1. The van der Waals surface area contributed by atoms with Crippen molar-refractivity contribution in [2.45, 2.75) is 57.0 Å². The van der Waals surface area contributed by atoms with Crippen LogP contribution in [0.4, 0.5) is 11.5 Å². The number of ether oxygens (including phenoxy) is 1. The maximum atomic E-state index is 11.3. The van der Waals surface area contributed by atoms with Gasteiger partial charge in [-0.05, 0) is 51.0 Å². The van der Waals surface area contributed by atoms with Crippen molar-refractivity contribution in [1.82, 2.24) is 15.1 Å². The molecule has 3 heterocycles. The summed E-state index contributed by atoms with van der Waals surface area (Å²) in [5.41, 5.74) is 9.57. The van der Waals surface area contributed by atoms with Gasteiger partial charge in [-0.15, -0.1) is 0 Å². The van der Waals surface area contributed by atoms with Crippen LogP contribution in [0.3, 0.4) is 0 Å². The van der Waals surface area contributed by atoms with Crippen LogP contribution in [0.5, 0.6) is 5.88 Å². The van der Waals surface area contributed by atoms with Gasteiger partial charge >= 0.3 is 5.63 Å². The zero-order chi connectivity index (χ0) is 21.6. The van der Waals surface area contributed by atoms with E-state index >= 15 is 0 Å². The molecule has 1 aromatic carbocycles. The normalized spacial score (nSPS) is 22.3. The third-order valence-electron chi connectivity index (χ3n) is 6.33. The highest BCUT2D eigenvalue weighted by molar-refractivity contribution is 6.09. The Morgan fingerprint density at radius 1 is 1.06 bits per heavy atom. The maximum Gasteiger partial charge on any atom is 0.357 e. The lowest BCUT2D eigenvalue weighted by atomic mass is 9.77. The van der Waals surface area contributed by atoms with Gasteiger partial charge in [-0.25, -0.2) is 19.9 Å². The summed E-state index contributed by atoms with van der Waals surface area (Å²) in [7, 11) is 0. The number of rotatable bonds is 3. The van der Waals surface area contributed by atoms with Crippen LogP contribution in [0.1, 0.15) is 68.2 Å². The van der Waals surface area contributed by atoms with Crippen LogP contribution < -0.4 is 16.1 Å². The Bertz CT molecular complexity index is 1180. The van der Waals surface area contributed by atoms with E-state index in [-0.39, 0.29) is 5.63 Å². The lowest BCUT2D eigenvalue weighted by Crippen LogP contribution is -2.41. The highest BCUT2D eigenvalue weighted by Gasteiger charge is 2.35. The highest BCUT2D eigenvalue weighted by atomic mass is 16.5. The van der Waals surface area contributed by atoms with E-state index in [0.717, 1.165) is 42.7 Å². The standard InChI is InChI=1S/C23H25N5O3/c1-23(2)20(27-19-21(24)25-12-26-22(19)30-23)16-9-5-14(6-10-16)13-3-7-15(8-4-13)17-11-18(29)31-28-17/h5-6,9-13,15,28H,3-4,7-8H2,1-2H3,(H2,24,25,26). The number of fused-ring (bicyclic) bond motifs is 1. The van der Waals surface area contributed by atoms with Crippen LogP contribution in [0.2, 0.25) is 0 Å². The van der Waals surface area contributed by atoms with Crippen LogP contribution in [-0.4, -0.2) is 26.4 Å². The molecule has 0 radical (unpaired) electrons. The summed E-state index contributed by atoms with van der Waals surface area (Å²) < 4.78 is 10.9. The lowest BCUT2D eigenvalue weighted by molar-refractivity contribution is 0.171. The largest absolute Gasteiger partial charge is 0.463 e. The molecule has 8 heteroatoms. The van der Waals surface area contributed by atoms with Crippen LogP contribution in [-0.2, 0) is 0 Å². The van der Waals surface area contributed by atoms with E-state index in [4.69, 9.17) is 20.0 Å². The maximum absolute atomic E-state index is 11.3. The average Bonchev–Trinajstić information content (AvgIpc) is 3.20. The summed E-state index contributed by atoms with van der Waals surface area (Å²) in [4.78, 5) is 24.2. The molecule has 2 aromatic heterocycles.